The molecule has 0 aliphatic heterocycles. The Morgan fingerprint density at radius 1 is 1.21 bits per heavy atom. The van der Waals surface area contributed by atoms with Crippen LogP contribution >= 0.6 is 15.9 Å². The number of anilines is 2. The van der Waals surface area contributed by atoms with E-state index < -0.39 is 0 Å². The SMILES string of the molecule is CCN(Cc1ccc(Br)cc1F)c1ccccc1N. The number of halogens is 2. The molecule has 0 heterocycles. The summed E-state index contributed by atoms with van der Waals surface area (Å²) in [6.07, 6.45) is 0. The zero-order valence-electron chi connectivity index (χ0n) is 10.7. The predicted octanol–water partition coefficient (Wildman–Crippen LogP) is 4.20. The summed E-state index contributed by atoms with van der Waals surface area (Å²) in [7, 11) is 0. The molecule has 0 aliphatic carbocycles. The lowest BCUT2D eigenvalue weighted by Crippen LogP contribution is -2.23. The first-order valence-corrected chi connectivity index (χ1v) is 6.94. The molecule has 0 fully saturated rings. The summed E-state index contributed by atoms with van der Waals surface area (Å²) < 4.78 is 14.6. The third-order valence-corrected chi connectivity index (χ3v) is 3.53. The van der Waals surface area contributed by atoms with E-state index in [2.05, 4.69) is 20.8 Å². The fourth-order valence-electron chi connectivity index (χ4n) is 2.00. The van der Waals surface area contributed by atoms with Crippen molar-refractivity contribution in [3.05, 3.63) is 58.3 Å². The zero-order valence-corrected chi connectivity index (χ0v) is 12.3. The molecule has 100 valence electrons. The van der Waals surface area contributed by atoms with Crippen molar-refractivity contribution in [3.8, 4) is 0 Å². The Bertz CT molecular complexity index is 572. The van der Waals surface area contributed by atoms with E-state index >= 15 is 0 Å². The molecule has 0 atom stereocenters. The van der Waals surface area contributed by atoms with Gasteiger partial charge in [-0.1, -0.05) is 34.1 Å². The summed E-state index contributed by atoms with van der Waals surface area (Å²) in [4.78, 5) is 2.06. The van der Waals surface area contributed by atoms with Crippen LogP contribution in [-0.4, -0.2) is 6.54 Å². The minimum absolute atomic E-state index is 0.206. The summed E-state index contributed by atoms with van der Waals surface area (Å²) in [5, 5.41) is 0. The first-order chi connectivity index (χ1) is 9.11. The van der Waals surface area contributed by atoms with Crippen molar-refractivity contribution in [2.24, 2.45) is 0 Å². The van der Waals surface area contributed by atoms with Gasteiger partial charge in [0.15, 0.2) is 0 Å². The van der Waals surface area contributed by atoms with Gasteiger partial charge in [0, 0.05) is 23.1 Å². The normalized spacial score (nSPS) is 10.5. The molecule has 2 nitrogen and oxygen atoms in total. The van der Waals surface area contributed by atoms with Gasteiger partial charge in [-0.2, -0.15) is 0 Å². The van der Waals surface area contributed by atoms with Gasteiger partial charge in [0.1, 0.15) is 5.82 Å². The van der Waals surface area contributed by atoms with E-state index in [0.717, 1.165) is 16.7 Å². The average molecular weight is 323 g/mol. The molecule has 0 aliphatic rings. The fraction of sp³-hybridized carbons (Fsp3) is 0.200. The highest BCUT2D eigenvalue weighted by Crippen LogP contribution is 2.25. The standard InChI is InChI=1S/C15H16BrFN2/c1-2-19(15-6-4-3-5-14(15)18)10-11-7-8-12(16)9-13(11)17/h3-9H,2,10,18H2,1H3. The van der Waals surface area contributed by atoms with E-state index in [-0.39, 0.29) is 5.82 Å². The number of hydrogen-bond acceptors (Lipinski definition) is 2. The molecular weight excluding hydrogens is 307 g/mol. The van der Waals surface area contributed by atoms with E-state index in [1.165, 1.54) is 6.07 Å². The molecule has 2 aromatic rings. The van der Waals surface area contributed by atoms with Crippen LogP contribution in [-0.2, 0) is 6.54 Å². The van der Waals surface area contributed by atoms with Crippen molar-refractivity contribution in [1.29, 1.82) is 0 Å². The molecule has 0 saturated carbocycles. The molecule has 4 heteroatoms. The van der Waals surface area contributed by atoms with Crippen molar-refractivity contribution in [2.45, 2.75) is 13.5 Å². The Labute approximate surface area is 121 Å². The summed E-state index contributed by atoms with van der Waals surface area (Å²) in [6.45, 7) is 3.30. The second-order valence-electron chi connectivity index (χ2n) is 4.31. The minimum atomic E-state index is -0.206. The molecule has 0 radical (unpaired) electrons. The molecule has 0 amide bonds. The van der Waals surface area contributed by atoms with Crippen LogP contribution in [0.3, 0.4) is 0 Å². The van der Waals surface area contributed by atoms with E-state index in [9.17, 15) is 4.39 Å². The van der Waals surface area contributed by atoms with Crippen LogP contribution in [0.5, 0.6) is 0 Å². The van der Waals surface area contributed by atoms with Gasteiger partial charge in [-0.3, -0.25) is 0 Å². The van der Waals surface area contributed by atoms with Crippen LogP contribution in [0.4, 0.5) is 15.8 Å². The highest BCUT2D eigenvalue weighted by Gasteiger charge is 2.11. The lowest BCUT2D eigenvalue weighted by Gasteiger charge is -2.25. The van der Waals surface area contributed by atoms with Crippen molar-refractivity contribution < 1.29 is 4.39 Å². The molecule has 2 N–H and O–H groups in total. The third kappa shape index (κ3) is 3.26. The summed E-state index contributed by atoms with van der Waals surface area (Å²) >= 11 is 3.26. The number of hydrogen-bond donors (Lipinski definition) is 1. The highest BCUT2D eigenvalue weighted by atomic mass is 79.9. The van der Waals surface area contributed by atoms with Gasteiger partial charge >= 0.3 is 0 Å². The van der Waals surface area contributed by atoms with Crippen LogP contribution in [0.1, 0.15) is 12.5 Å². The fourth-order valence-corrected chi connectivity index (χ4v) is 2.33. The van der Waals surface area contributed by atoms with Crippen molar-refractivity contribution in [3.63, 3.8) is 0 Å². The van der Waals surface area contributed by atoms with Gasteiger partial charge in [0.25, 0.3) is 0 Å². The van der Waals surface area contributed by atoms with Gasteiger partial charge < -0.3 is 10.6 Å². The van der Waals surface area contributed by atoms with Crippen LogP contribution in [0.15, 0.2) is 46.9 Å². The molecule has 0 bridgehead atoms. The third-order valence-electron chi connectivity index (χ3n) is 3.04. The molecule has 0 aromatic heterocycles. The number of benzene rings is 2. The Hall–Kier alpha value is -1.55. The van der Waals surface area contributed by atoms with E-state index in [0.29, 0.717) is 17.8 Å². The number of para-hydroxylation sites is 2. The second-order valence-corrected chi connectivity index (χ2v) is 5.22. The summed E-state index contributed by atoms with van der Waals surface area (Å²) in [5.41, 5.74) is 8.28. The Balaban J connectivity index is 2.27. The van der Waals surface area contributed by atoms with Crippen LogP contribution < -0.4 is 10.6 Å². The molecule has 19 heavy (non-hydrogen) atoms. The first-order valence-electron chi connectivity index (χ1n) is 6.15. The predicted molar refractivity (Wildman–Crippen MR) is 81.7 cm³/mol. The molecule has 0 spiro atoms. The van der Waals surface area contributed by atoms with E-state index in [4.69, 9.17) is 5.73 Å². The highest BCUT2D eigenvalue weighted by molar-refractivity contribution is 9.10. The van der Waals surface area contributed by atoms with Crippen LogP contribution in [0, 0.1) is 5.82 Å². The lowest BCUT2D eigenvalue weighted by molar-refractivity contribution is 0.604. The average Bonchev–Trinajstić information content (AvgIpc) is 2.39. The minimum Gasteiger partial charge on any atom is -0.397 e. The zero-order chi connectivity index (χ0) is 13.8. The van der Waals surface area contributed by atoms with E-state index in [1.807, 2.05) is 37.3 Å². The molecule has 0 saturated heterocycles. The van der Waals surface area contributed by atoms with Crippen LogP contribution in [0.25, 0.3) is 0 Å². The topological polar surface area (TPSA) is 29.3 Å². The monoisotopic (exact) mass is 322 g/mol. The van der Waals surface area contributed by atoms with Gasteiger partial charge in [0.05, 0.1) is 11.4 Å². The number of rotatable bonds is 4. The van der Waals surface area contributed by atoms with Gasteiger partial charge in [-0.15, -0.1) is 0 Å². The molecule has 2 rings (SSSR count). The first kappa shape index (κ1) is 13.9. The smallest absolute Gasteiger partial charge is 0.129 e. The summed E-state index contributed by atoms with van der Waals surface area (Å²) in [5.74, 6) is -0.206. The maximum atomic E-state index is 13.9. The molecule has 0 unspecified atom stereocenters. The Morgan fingerprint density at radius 2 is 1.95 bits per heavy atom. The number of nitrogens with two attached hydrogens (primary N) is 1. The Kier molecular flexibility index (Phi) is 4.43. The quantitative estimate of drug-likeness (QED) is 0.855. The van der Waals surface area contributed by atoms with Gasteiger partial charge in [-0.25, -0.2) is 4.39 Å². The lowest BCUT2D eigenvalue weighted by atomic mass is 10.1. The largest absolute Gasteiger partial charge is 0.397 e. The number of nitrogens with zero attached hydrogens (tertiary/aromatic N) is 1. The van der Waals surface area contributed by atoms with Crippen LogP contribution in [0.2, 0.25) is 0 Å². The Morgan fingerprint density at radius 3 is 2.58 bits per heavy atom. The van der Waals surface area contributed by atoms with E-state index in [1.54, 1.807) is 6.07 Å². The van der Waals surface area contributed by atoms with Gasteiger partial charge in [0.2, 0.25) is 0 Å². The molecular formula is C15H16BrFN2. The van der Waals surface area contributed by atoms with Crippen molar-refractivity contribution in [1.82, 2.24) is 0 Å². The maximum absolute atomic E-state index is 13.9. The van der Waals surface area contributed by atoms with Crippen molar-refractivity contribution in [2.75, 3.05) is 17.2 Å². The maximum Gasteiger partial charge on any atom is 0.129 e. The van der Waals surface area contributed by atoms with Gasteiger partial charge in [-0.05, 0) is 31.2 Å². The van der Waals surface area contributed by atoms with Crippen molar-refractivity contribution >= 4 is 27.3 Å². The molecule has 2 aromatic carbocycles. The second kappa shape index (κ2) is 6.06. The number of nitrogen functional groups attached to an aromatic ring is 1. The summed E-state index contributed by atoms with van der Waals surface area (Å²) in [6, 6.07) is 12.8.